The summed E-state index contributed by atoms with van der Waals surface area (Å²) in [5.41, 5.74) is 6.79. The SMILES string of the molecule is CCOc1cccc(C(O)C2(CN)CCCC(C)C2)c1. The van der Waals surface area contributed by atoms with Crippen LogP contribution in [-0.2, 0) is 0 Å². The molecule has 2 rings (SSSR count). The van der Waals surface area contributed by atoms with E-state index in [-0.39, 0.29) is 5.41 Å². The Kier molecular flexibility index (Phi) is 5.06. The van der Waals surface area contributed by atoms with Crippen LogP contribution in [0.25, 0.3) is 0 Å². The van der Waals surface area contributed by atoms with Crippen molar-refractivity contribution in [1.82, 2.24) is 0 Å². The summed E-state index contributed by atoms with van der Waals surface area (Å²) in [6.07, 6.45) is 3.90. The molecule has 0 heterocycles. The number of ether oxygens (including phenoxy) is 1. The molecule has 0 aliphatic heterocycles. The topological polar surface area (TPSA) is 55.5 Å². The molecule has 1 aliphatic rings. The van der Waals surface area contributed by atoms with Crippen LogP contribution in [0.1, 0.15) is 51.2 Å². The Morgan fingerprint density at radius 1 is 1.50 bits per heavy atom. The van der Waals surface area contributed by atoms with Crippen LogP contribution < -0.4 is 10.5 Å². The molecule has 1 fully saturated rings. The lowest BCUT2D eigenvalue weighted by Gasteiger charge is -2.43. The van der Waals surface area contributed by atoms with Gasteiger partial charge in [-0.3, -0.25) is 0 Å². The predicted octanol–water partition coefficient (Wildman–Crippen LogP) is 3.27. The summed E-state index contributed by atoms with van der Waals surface area (Å²) in [7, 11) is 0. The molecule has 0 bridgehead atoms. The van der Waals surface area contributed by atoms with E-state index in [1.165, 1.54) is 6.42 Å². The first-order valence-corrected chi connectivity index (χ1v) is 7.72. The maximum absolute atomic E-state index is 10.9. The van der Waals surface area contributed by atoms with Crippen LogP contribution in [0.5, 0.6) is 5.75 Å². The molecule has 1 aromatic carbocycles. The van der Waals surface area contributed by atoms with Crippen LogP contribution in [0.2, 0.25) is 0 Å². The molecule has 3 atom stereocenters. The summed E-state index contributed by atoms with van der Waals surface area (Å²) >= 11 is 0. The Morgan fingerprint density at radius 2 is 2.30 bits per heavy atom. The van der Waals surface area contributed by atoms with Crippen molar-refractivity contribution in [3.8, 4) is 5.75 Å². The molecule has 0 aromatic heterocycles. The highest BCUT2D eigenvalue weighted by molar-refractivity contribution is 5.31. The maximum Gasteiger partial charge on any atom is 0.119 e. The van der Waals surface area contributed by atoms with Gasteiger partial charge in [-0.25, -0.2) is 0 Å². The molecule has 0 amide bonds. The highest BCUT2D eigenvalue weighted by Gasteiger charge is 2.40. The summed E-state index contributed by atoms with van der Waals surface area (Å²) in [4.78, 5) is 0. The quantitative estimate of drug-likeness (QED) is 0.868. The Balaban J connectivity index is 2.23. The first-order chi connectivity index (χ1) is 9.61. The van der Waals surface area contributed by atoms with Gasteiger partial charge < -0.3 is 15.6 Å². The lowest BCUT2D eigenvalue weighted by Crippen LogP contribution is -2.40. The van der Waals surface area contributed by atoms with E-state index in [0.29, 0.717) is 19.1 Å². The van der Waals surface area contributed by atoms with Crippen molar-refractivity contribution in [2.24, 2.45) is 17.1 Å². The molecule has 1 saturated carbocycles. The highest BCUT2D eigenvalue weighted by Crippen LogP contribution is 2.47. The third-order valence-electron chi connectivity index (χ3n) is 4.60. The second-order valence-corrected chi connectivity index (χ2v) is 6.18. The summed E-state index contributed by atoms with van der Waals surface area (Å²) in [6, 6.07) is 7.80. The van der Waals surface area contributed by atoms with Crippen LogP contribution >= 0.6 is 0 Å². The molecule has 0 spiro atoms. The van der Waals surface area contributed by atoms with E-state index < -0.39 is 6.10 Å². The fourth-order valence-electron chi connectivity index (χ4n) is 3.54. The Labute approximate surface area is 122 Å². The van der Waals surface area contributed by atoms with Crippen LogP contribution in [-0.4, -0.2) is 18.3 Å². The Bertz CT molecular complexity index is 435. The van der Waals surface area contributed by atoms with Crippen LogP contribution in [0.15, 0.2) is 24.3 Å². The van der Waals surface area contributed by atoms with Crippen molar-refractivity contribution in [2.45, 2.75) is 45.6 Å². The molecule has 3 nitrogen and oxygen atoms in total. The van der Waals surface area contributed by atoms with Crippen LogP contribution in [0, 0.1) is 11.3 Å². The predicted molar refractivity (Wildman–Crippen MR) is 81.7 cm³/mol. The van der Waals surface area contributed by atoms with Gasteiger partial charge in [-0.15, -0.1) is 0 Å². The largest absolute Gasteiger partial charge is 0.494 e. The van der Waals surface area contributed by atoms with Gasteiger partial charge in [0.2, 0.25) is 0 Å². The first-order valence-electron chi connectivity index (χ1n) is 7.72. The third kappa shape index (κ3) is 3.15. The lowest BCUT2D eigenvalue weighted by molar-refractivity contribution is -0.0131. The van der Waals surface area contributed by atoms with Gasteiger partial charge in [0.1, 0.15) is 5.75 Å². The zero-order valence-corrected chi connectivity index (χ0v) is 12.6. The molecule has 1 aliphatic carbocycles. The van der Waals surface area contributed by atoms with Gasteiger partial charge in [0.05, 0.1) is 12.7 Å². The van der Waals surface area contributed by atoms with Crippen molar-refractivity contribution in [3.63, 3.8) is 0 Å². The second-order valence-electron chi connectivity index (χ2n) is 6.18. The molecule has 112 valence electrons. The lowest BCUT2D eigenvalue weighted by atomic mass is 9.65. The summed E-state index contributed by atoms with van der Waals surface area (Å²) in [5, 5.41) is 10.9. The van der Waals surface area contributed by atoms with Gasteiger partial charge in [0, 0.05) is 12.0 Å². The Morgan fingerprint density at radius 3 is 2.95 bits per heavy atom. The highest BCUT2D eigenvalue weighted by atomic mass is 16.5. The summed E-state index contributed by atoms with van der Waals surface area (Å²) in [6.45, 7) is 5.40. The molecule has 0 radical (unpaired) electrons. The van der Waals surface area contributed by atoms with Gasteiger partial charge in [-0.2, -0.15) is 0 Å². The molecule has 3 heteroatoms. The summed E-state index contributed by atoms with van der Waals surface area (Å²) < 4.78 is 5.53. The van der Waals surface area contributed by atoms with E-state index >= 15 is 0 Å². The zero-order valence-electron chi connectivity index (χ0n) is 12.6. The summed E-state index contributed by atoms with van der Waals surface area (Å²) in [5.74, 6) is 1.46. The van der Waals surface area contributed by atoms with Gasteiger partial charge in [-0.1, -0.05) is 31.9 Å². The maximum atomic E-state index is 10.9. The Hall–Kier alpha value is -1.06. The number of hydrogen-bond donors (Lipinski definition) is 2. The molecule has 0 saturated heterocycles. The second kappa shape index (κ2) is 6.59. The van der Waals surface area contributed by atoms with Crippen LogP contribution in [0.4, 0.5) is 0 Å². The van der Waals surface area contributed by atoms with Crippen molar-refractivity contribution in [3.05, 3.63) is 29.8 Å². The molecule has 1 aromatic rings. The van der Waals surface area contributed by atoms with Gasteiger partial charge in [-0.05, 0) is 43.4 Å². The number of hydrogen-bond acceptors (Lipinski definition) is 3. The number of aliphatic hydroxyl groups excluding tert-OH is 1. The molecule has 3 N–H and O–H groups in total. The number of nitrogens with two attached hydrogens (primary N) is 1. The van der Waals surface area contributed by atoms with E-state index in [0.717, 1.165) is 30.6 Å². The fraction of sp³-hybridized carbons (Fsp3) is 0.647. The minimum atomic E-state index is -0.504. The molecular formula is C17H27NO2. The molecular weight excluding hydrogens is 250 g/mol. The van der Waals surface area contributed by atoms with Gasteiger partial charge in [0.15, 0.2) is 0 Å². The van der Waals surface area contributed by atoms with Crippen molar-refractivity contribution in [1.29, 1.82) is 0 Å². The van der Waals surface area contributed by atoms with Crippen molar-refractivity contribution in [2.75, 3.05) is 13.2 Å². The van der Waals surface area contributed by atoms with Crippen molar-refractivity contribution >= 4 is 0 Å². The van der Waals surface area contributed by atoms with E-state index in [2.05, 4.69) is 6.92 Å². The van der Waals surface area contributed by atoms with Crippen LogP contribution in [0.3, 0.4) is 0 Å². The number of aliphatic hydroxyl groups is 1. The molecule has 3 unspecified atom stereocenters. The van der Waals surface area contributed by atoms with Gasteiger partial charge in [0.25, 0.3) is 0 Å². The fourth-order valence-corrected chi connectivity index (χ4v) is 3.54. The van der Waals surface area contributed by atoms with E-state index in [9.17, 15) is 5.11 Å². The third-order valence-corrected chi connectivity index (χ3v) is 4.60. The van der Waals surface area contributed by atoms with E-state index in [1.54, 1.807) is 0 Å². The zero-order chi connectivity index (χ0) is 14.6. The molecule has 20 heavy (non-hydrogen) atoms. The van der Waals surface area contributed by atoms with Crippen molar-refractivity contribution < 1.29 is 9.84 Å². The van der Waals surface area contributed by atoms with E-state index in [1.807, 2.05) is 31.2 Å². The first kappa shape index (κ1) is 15.3. The smallest absolute Gasteiger partial charge is 0.119 e. The average Bonchev–Trinajstić information content (AvgIpc) is 2.47. The monoisotopic (exact) mass is 277 g/mol. The minimum Gasteiger partial charge on any atom is -0.494 e. The minimum absolute atomic E-state index is 0.178. The number of benzene rings is 1. The van der Waals surface area contributed by atoms with E-state index in [4.69, 9.17) is 10.5 Å². The standard InChI is InChI=1S/C17H27NO2/c1-3-20-15-8-4-7-14(10-15)16(19)17(12-18)9-5-6-13(2)11-17/h4,7-8,10,13,16,19H,3,5-6,9,11-12,18H2,1-2H3. The normalized spacial score (nSPS) is 28.1. The van der Waals surface area contributed by atoms with Gasteiger partial charge >= 0.3 is 0 Å². The number of rotatable bonds is 5. The average molecular weight is 277 g/mol.